The summed E-state index contributed by atoms with van der Waals surface area (Å²) >= 11 is 7.19. The summed E-state index contributed by atoms with van der Waals surface area (Å²) in [5, 5.41) is 11.5. The minimum atomic E-state index is -3.79. The van der Waals surface area contributed by atoms with E-state index in [0.29, 0.717) is 17.8 Å². The molecule has 0 aromatic carbocycles. The average Bonchev–Trinajstić information content (AvgIpc) is 2.82. The maximum atomic E-state index is 12.2. The number of aromatic nitrogens is 2. The van der Waals surface area contributed by atoms with Crippen LogP contribution < -0.4 is 4.72 Å². The fourth-order valence-corrected chi connectivity index (χ4v) is 4.61. The van der Waals surface area contributed by atoms with Crippen LogP contribution in [-0.4, -0.2) is 35.1 Å². The topological polar surface area (TPSA) is 83.7 Å². The first-order valence-electron chi connectivity index (χ1n) is 5.74. The van der Waals surface area contributed by atoms with Crippen LogP contribution in [0.15, 0.2) is 16.6 Å². The molecule has 0 atom stereocenters. The Hall–Kier alpha value is -0.670. The van der Waals surface area contributed by atoms with Crippen LogP contribution in [0.3, 0.4) is 0 Å². The summed E-state index contributed by atoms with van der Waals surface area (Å²) in [6.45, 7) is 0.00301. The molecule has 19 heavy (non-hydrogen) atoms. The Morgan fingerprint density at radius 2 is 2.32 bits per heavy atom. The number of hydrogen-bond donors (Lipinski definition) is 2. The number of aliphatic hydroxyl groups is 1. The molecule has 0 bridgehead atoms. The van der Waals surface area contributed by atoms with E-state index in [1.54, 1.807) is 11.6 Å². The molecule has 1 aliphatic rings. The zero-order chi connectivity index (χ0) is 13.7. The van der Waals surface area contributed by atoms with Crippen LogP contribution in [-0.2, 0) is 10.0 Å². The summed E-state index contributed by atoms with van der Waals surface area (Å²) < 4.78 is 28.3. The molecule has 2 N–H and O–H groups in total. The Labute approximate surface area is 119 Å². The van der Waals surface area contributed by atoms with E-state index in [-0.39, 0.29) is 16.7 Å². The predicted molar refractivity (Wildman–Crippen MR) is 72.1 cm³/mol. The maximum absolute atomic E-state index is 12.2. The van der Waals surface area contributed by atoms with Crippen molar-refractivity contribution < 1.29 is 13.5 Å². The van der Waals surface area contributed by atoms with Gasteiger partial charge in [-0.1, -0.05) is 11.6 Å². The van der Waals surface area contributed by atoms with Crippen molar-refractivity contribution in [2.24, 2.45) is 0 Å². The fourth-order valence-electron chi connectivity index (χ4n) is 2.04. The van der Waals surface area contributed by atoms with Gasteiger partial charge in [-0.15, -0.1) is 11.3 Å². The summed E-state index contributed by atoms with van der Waals surface area (Å²) in [7, 11) is -3.79. The van der Waals surface area contributed by atoms with Crippen molar-refractivity contribution in [3.05, 3.63) is 16.7 Å². The van der Waals surface area contributed by atoms with E-state index in [1.807, 2.05) is 0 Å². The number of hydrogen-bond acceptors (Lipinski definition) is 5. The standard InChI is InChI=1S/C10H12ClN3O3S2/c11-7-8(14-4-5-18-9(14)13-7)19(16,17)12-6-10(15)2-1-3-10/h4-5,12,15H,1-3,6H2. The van der Waals surface area contributed by atoms with Crippen molar-refractivity contribution in [2.45, 2.75) is 29.9 Å². The number of nitrogens with one attached hydrogen (secondary N) is 1. The third-order valence-corrected chi connectivity index (χ3v) is 5.86. The second-order valence-corrected chi connectivity index (χ2v) is 7.58. The molecule has 2 aromatic heterocycles. The number of nitrogens with zero attached hydrogens (tertiary/aromatic N) is 2. The number of thiazole rings is 1. The molecule has 0 spiro atoms. The lowest BCUT2D eigenvalue weighted by Crippen LogP contribution is -2.47. The third kappa shape index (κ3) is 2.27. The van der Waals surface area contributed by atoms with Gasteiger partial charge >= 0.3 is 0 Å². The molecule has 1 fully saturated rings. The highest BCUT2D eigenvalue weighted by atomic mass is 35.5. The van der Waals surface area contributed by atoms with Crippen molar-refractivity contribution in [3.8, 4) is 0 Å². The van der Waals surface area contributed by atoms with Gasteiger partial charge in [0, 0.05) is 18.1 Å². The predicted octanol–water partition coefficient (Wildman–Crippen LogP) is 1.24. The van der Waals surface area contributed by atoms with E-state index in [0.717, 1.165) is 6.42 Å². The van der Waals surface area contributed by atoms with Gasteiger partial charge in [0.05, 0.1) is 5.60 Å². The van der Waals surface area contributed by atoms with Gasteiger partial charge < -0.3 is 5.11 Å². The summed E-state index contributed by atoms with van der Waals surface area (Å²) in [5.74, 6) is 0. The van der Waals surface area contributed by atoms with E-state index >= 15 is 0 Å². The van der Waals surface area contributed by atoms with Crippen LogP contribution in [0, 0.1) is 0 Å². The van der Waals surface area contributed by atoms with Crippen LogP contribution in [0.5, 0.6) is 0 Å². The molecule has 2 heterocycles. The smallest absolute Gasteiger partial charge is 0.259 e. The van der Waals surface area contributed by atoms with Crippen molar-refractivity contribution in [3.63, 3.8) is 0 Å². The lowest BCUT2D eigenvalue weighted by Gasteiger charge is -2.36. The van der Waals surface area contributed by atoms with Gasteiger partial charge in [-0.2, -0.15) is 0 Å². The number of fused-ring (bicyclic) bond motifs is 1. The van der Waals surface area contributed by atoms with Crippen LogP contribution in [0.25, 0.3) is 4.96 Å². The van der Waals surface area contributed by atoms with Crippen molar-refractivity contribution in [1.29, 1.82) is 0 Å². The molecule has 9 heteroatoms. The Kier molecular flexibility index (Phi) is 3.10. The Morgan fingerprint density at radius 1 is 1.58 bits per heavy atom. The lowest BCUT2D eigenvalue weighted by molar-refractivity contribution is -0.0271. The normalized spacial score (nSPS) is 18.6. The quantitative estimate of drug-likeness (QED) is 0.887. The van der Waals surface area contributed by atoms with E-state index in [1.165, 1.54) is 15.7 Å². The van der Waals surface area contributed by atoms with Gasteiger partial charge in [0.2, 0.25) is 0 Å². The molecule has 0 unspecified atom stereocenters. The van der Waals surface area contributed by atoms with E-state index < -0.39 is 15.6 Å². The minimum absolute atomic E-state index is 0.00301. The second kappa shape index (κ2) is 4.42. The highest BCUT2D eigenvalue weighted by Gasteiger charge is 2.36. The molecular formula is C10H12ClN3O3S2. The zero-order valence-corrected chi connectivity index (χ0v) is 12.2. The minimum Gasteiger partial charge on any atom is -0.389 e. The number of halogens is 1. The fraction of sp³-hybridized carbons (Fsp3) is 0.500. The van der Waals surface area contributed by atoms with Crippen LogP contribution in [0.2, 0.25) is 5.15 Å². The Balaban J connectivity index is 1.91. The van der Waals surface area contributed by atoms with Gasteiger partial charge in [0.1, 0.15) is 0 Å². The molecule has 0 radical (unpaired) electrons. The van der Waals surface area contributed by atoms with Crippen molar-refractivity contribution in [1.82, 2.24) is 14.1 Å². The Morgan fingerprint density at radius 3 is 2.95 bits per heavy atom. The second-order valence-electron chi connectivity index (χ2n) is 4.67. The molecule has 0 saturated heterocycles. The summed E-state index contributed by atoms with van der Waals surface area (Å²) in [6, 6.07) is 0. The average molecular weight is 322 g/mol. The first-order valence-corrected chi connectivity index (χ1v) is 8.48. The summed E-state index contributed by atoms with van der Waals surface area (Å²) in [6.07, 6.45) is 3.75. The van der Waals surface area contributed by atoms with Gasteiger partial charge in [-0.3, -0.25) is 4.40 Å². The molecule has 6 nitrogen and oxygen atoms in total. The van der Waals surface area contributed by atoms with Crippen LogP contribution >= 0.6 is 22.9 Å². The number of rotatable bonds is 4. The highest BCUT2D eigenvalue weighted by Crippen LogP contribution is 2.31. The summed E-state index contributed by atoms with van der Waals surface area (Å²) in [5.41, 5.74) is -0.919. The molecule has 2 aromatic rings. The molecular weight excluding hydrogens is 310 g/mol. The summed E-state index contributed by atoms with van der Waals surface area (Å²) in [4.78, 5) is 4.50. The maximum Gasteiger partial charge on any atom is 0.259 e. The molecule has 0 aliphatic heterocycles. The first kappa shape index (κ1) is 13.3. The SMILES string of the molecule is O=S(=O)(NCC1(O)CCC1)c1c(Cl)nc2sccn12. The number of imidazole rings is 1. The van der Waals surface area contributed by atoms with Crippen molar-refractivity contribution >= 4 is 37.9 Å². The van der Waals surface area contributed by atoms with Gasteiger partial charge in [0.25, 0.3) is 10.0 Å². The third-order valence-electron chi connectivity index (χ3n) is 3.31. The zero-order valence-electron chi connectivity index (χ0n) is 9.84. The molecule has 3 rings (SSSR count). The molecule has 1 aliphatic carbocycles. The van der Waals surface area contributed by atoms with Crippen LogP contribution in [0.1, 0.15) is 19.3 Å². The molecule has 104 valence electrons. The Bertz CT molecular complexity index is 718. The van der Waals surface area contributed by atoms with E-state index in [2.05, 4.69) is 9.71 Å². The first-order chi connectivity index (χ1) is 8.91. The van der Waals surface area contributed by atoms with E-state index in [9.17, 15) is 13.5 Å². The van der Waals surface area contributed by atoms with Gasteiger partial charge in [0.15, 0.2) is 15.1 Å². The monoisotopic (exact) mass is 321 g/mol. The van der Waals surface area contributed by atoms with Crippen molar-refractivity contribution in [2.75, 3.05) is 6.54 Å². The molecule has 0 amide bonds. The van der Waals surface area contributed by atoms with Gasteiger partial charge in [-0.05, 0) is 19.3 Å². The van der Waals surface area contributed by atoms with E-state index in [4.69, 9.17) is 11.6 Å². The molecule has 1 saturated carbocycles. The number of sulfonamides is 1. The van der Waals surface area contributed by atoms with Gasteiger partial charge in [-0.25, -0.2) is 18.1 Å². The largest absolute Gasteiger partial charge is 0.389 e. The highest BCUT2D eigenvalue weighted by molar-refractivity contribution is 7.89. The van der Waals surface area contributed by atoms with Crippen LogP contribution in [0.4, 0.5) is 0 Å². The lowest BCUT2D eigenvalue weighted by atomic mass is 9.81.